The molecule has 0 radical (unpaired) electrons. The first kappa shape index (κ1) is 10.4. The Kier molecular flexibility index (Phi) is 2.68. The Hall–Kier alpha value is -2.17. The third-order valence-electron chi connectivity index (χ3n) is 2.19. The largest absolute Gasteiger partial charge is 0.421 e. The second kappa shape index (κ2) is 4.14. The van der Waals surface area contributed by atoms with Crippen LogP contribution in [-0.4, -0.2) is 15.2 Å². The summed E-state index contributed by atoms with van der Waals surface area (Å²) in [6, 6.07) is 7.39. The number of hydrogen-bond acceptors (Lipinski definition) is 5. The number of para-hydroxylation sites is 2. The Labute approximate surface area is 93.3 Å². The molecule has 1 heterocycles. The molecule has 0 bridgehead atoms. The first-order chi connectivity index (χ1) is 7.66. The molecular weight excluding hydrogens is 204 g/mol. The van der Waals surface area contributed by atoms with Crippen molar-refractivity contribution in [3.8, 4) is 11.8 Å². The topological polar surface area (TPSA) is 73.9 Å². The molecular formula is C11H12N4O. The van der Waals surface area contributed by atoms with Crippen molar-refractivity contribution in [2.75, 3.05) is 5.73 Å². The van der Waals surface area contributed by atoms with Crippen molar-refractivity contribution in [3.63, 3.8) is 0 Å². The van der Waals surface area contributed by atoms with Gasteiger partial charge in [0.05, 0.1) is 17.1 Å². The van der Waals surface area contributed by atoms with E-state index in [0.717, 1.165) is 11.4 Å². The number of hydrogen-bond donors (Lipinski definition) is 1. The maximum absolute atomic E-state index is 5.74. The molecule has 0 amide bonds. The Morgan fingerprint density at radius 2 is 1.81 bits per heavy atom. The van der Waals surface area contributed by atoms with E-state index in [4.69, 9.17) is 10.5 Å². The summed E-state index contributed by atoms with van der Waals surface area (Å²) in [7, 11) is 0. The summed E-state index contributed by atoms with van der Waals surface area (Å²) in [5.41, 5.74) is 7.86. The standard InChI is InChI=1S/C11H12N4O/c1-7-8(2)14-15-11(13-7)16-10-6-4-3-5-9(10)12/h3-6H,12H2,1-2H3. The Balaban J connectivity index is 2.28. The second-order valence-corrected chi connectivity index (χ2v) is 3.41. The zero-order chi connectivity index (χ0) is 11.5. The van der Waals surface area contributed by atoms with Gasteiger partial charge in [-0.15, -0.1) is 5.10 Å². The lowest BCUT2D eigenvalue weighted by Crippen LogP contribution is -2.00. The summed E-state index contributed by atoms with van der Waals surface area (Å²) < 4.78 is 5.44. The zero-order valence-corrected chi connectivity index (χ0v) is 9.14. The van der Waals surface area contributed by atoms with Crippen LogP contribution in [0.1, 0.15) is 11.4 Å². The quantitative estimate of drug-likeness (QED) is 0.775. The predicted octanol–water partition coefficient (Wildman–Crippen LogP) is 1.86. The molecule has 1 aromatic heterocycles. The lowest BCUT2D eigenvalue weighted by Gasteiger charge is -2.06. The molecule has 0 aliphatic rings. The van der Waals surface area contributed by atoms with Gasteiger partial charge in [0.1, 0.15) is 0 Å². The van der Waals surface area contributed by atoms with Gasteiger partial charge in [0.15, 0.2) is 5.75 Å². The van der Waals surface area contributed by atoms with Crippen LogP contribution in [0.2, 0.25) is 0 Å². The molecule has 0 unspecified atom stereocenters. The highest BCUT2D eigenvalue weighted by Crippen LogP contribution is 2.24. The second-order valence-electron chi connectivity index (χ2n) is 3.41. The van der Waals surface area contributed by atoms with Gasteiger partial charge in [0, 0.05) is 0 Å². The van der Waals surface area contributed by atoms with Gasteiger partial charge in [-0.3, -0.25) is 0 Å². The van der Waals surface area contributed by atoms with Crippen LogP contribution < -0.4 is 10.5 Å². The van der Waals surface area contributed by atoms with Crippen LogP contribution in [0.4, 0.5) is 5.69 Å². The third-order valence-corrected chi connectivity index (χ3v) is 2.19. The molecule has 1 aromatic carbocycles. The summed E-state index contributed by atoms with van der Waals surface area (Å²) in [4.78, 5) is 4.16. The van der Waals surface area contributed by atoms with Gasteiger partial charge < -0.3 is 10.5 Å². The first-order valence-corrected chi connectivity index (χ1v) is 4.87. The van der Waals surface area contributed by atoms with Gasteiger partial charge in [-0.05, 0) is 26.0 Å². The number of rotatable bonds is 2. The lowest BCUT2D eigenvalue weighted by atomic mass is 10.3. The third kappa shape index (κ3) is 2.08. The van der Waals surface area contributed by atoms with E-state index in [1.807, 2.05) is 26.0 Å². The molecule has 5 nitrogen and oxygen atoms in total. The van der Waals surface area contributed by atoms with Crippen molar-refractivity contribution < 1.29 is 4.74 Å². The predicted molar refractivity (Wildman–Crippen MR) is 60.2 cm³/mol. The molecule has 2 aromatic rings. The molecule has 5 heteroatoms. The molecule has 0 fully saturated rings. The molecule has 0 aliphatic carbocycles. The van der Waals surface area contributed by atoms with Crippen LogP contribution >= 0.6 is 0 Å². The van der Waals surface area contributed by atoms with Crippen molar-refractivity contribution in [3.05, 3.63) is 35.7 Å². The summed E-state index contributed by atoms with van der Waals surface area (Å²) in [6.45, 7) is 3.70. The normalized spacial score (nSPS) is 10.1. The van der Waals surface area contributed by atoms with E-state index in [9.17, 15) is 0 Å². The number of aromatic nitrogens is 3. The molecule has 0 saturated carbocycles. The van der Waals surface area contributed by atoms with Crippen LogP contribution in [0.3, 0.4) is 0 Å². The highest BCUT2D eigenvalue weighted by atomic mass is 16.5. The molecule has 0 aliphatic heterocycles. The number of aryl methyl sites for hydroxylation is 2. The van der Waals surface area contributed by atoms with Gasteiger partial charge in [0.25, 0.3) is 0 Å². The van der Waals surface area contributed by atoms with E-state index >= 15 is 0 Å². The van der Waals surface area contributed by atoms with Crippen LogP contribution in [0.25, 0.3) is 0 Å². The Bertz CT molecular complexity index is 513. The van der Waals surface area contributed by atoms with Crippen LogP contribution in [0.15, 0.2) is 24.3 Å². The SMILES string of the molecule is Cc1nnc(Oc2ccccc2N)nc1C. The smallest absolute Gasteiger partial charge is 0.341 e. The van der Waals surface area contributed by atoms with Gasteiger partial charge in [-0.1, -0.05) is 17.2 Å². The number of benzene rings is 1. The van der Waals surface area contributed by atoms with Crippen LogP contribution in [0, 0.1) is 13.8 Å². The number of nitrogens with two attached hydrogens (primary N) is 1. The van der Waals surface area contributed by atoms with Crippen molar-refractivity contribution in [1.82, 2.24) is 15.2 Å². The van der Waals surface area contributed by atoms with Crippen LogP contribution in [0.5, 0.6) is 11.8 Å². The molecule has 2 N–H and O–H groups in total. The van der Waals surface area contributed by atoms with Crippen molar-refractivity contribution in [1.29, 1.82) is 0 Å². The Morgan fingerprint density at radius 3 is 2.50 bits per heavy atom. The minimum absolute atomic E-state index is 0.209. The molecule has 0 saturated heterocycles. The van der Waals surface area contributed by atoms with E-state index < -0.39 is 0 Å². The van der Waals surface area contributed by atoms with Crippen molar-refractivity contribution >= 4 is 5.69 Å². The number of nitrogen functional groups attached to an aromatic ring is 1. The summed E-state index contributed by atoms with van der Waals surface area (Å²) in [5, 5.41) is 7.76. The van der Waals surface area contributed by atoms with Gasteiger partial charge in [-0.2, -0.15) is 4.98 Å². The van der Waals surface area contributed by atoms with E-state index in [1.54, 1.807) is 12.1 Å². The minimum atomic E-state index is 0.209. The van der Waals surface area contributed by atoms with Gasteiger partial charge in [-0.25, -0.2) is 0 Å². The summed E-state index contributed by atoms with van der Waals surface area (Å²) in [6.07, 6.45) is 0. The lowest BCUT2D eigenvalue weighted by molar-refractivity contribution is 0.432. The van der Waals surface area contributed by atoms with E-state index in [1.165, 1.54) is 0 Å². The summed E-state index contributed by atoms with van der Waals surface area (Å²) >= 11 is 0. The maximum atomic E-state index is 5.74. The van der Waals surface area contributed by atoms with Gasteiger partial charge in [0.2, 0.25) is 0 Å². The molecule has 0 atom stereocenters. The maximum Gasteiger partial charge on any atom is 0.341 e. The fourth-order valence-electron chi connectivity index (χ4n) is 1.15. The minimum Gasteiger partial charge on any atom is -0.421 e. The fourth-order valence-corrected chi connectivity index (χ4v) is 1.15. The van der Waals surface area contributed by atoms with E-state index in [-0.39, 0.29) is 6.01 Å². The molecule has 0 spiro atoms. The first-order valence-electron chi connectivity index (χ1n) is 4.87. The van der Waals surface area contributed by atoms with E-state index in [2.05, 4.69) is 15.2 Å². The highest BCUT2D eigenvalue weighted by Gasteiger charge is 2.05. The number of nitrogens with zero attached hydrogens (tertiary/aromatic N) is 3. The zero-order valence-electron chi connectivity index (χ0n) is 9.14. The number of ether oxygens (including phenoxy) is 1. The fraction of sp³-hybridized carbons (Fsp3) is 0.182. The average molecular weight is 216 g/mol. The summed E-state index contributed by atoms with van der Waals surface area (Å²) in [5.74, 6) is 0.535. The van der Waals surface area contributed by atoms with Crippen molar-refractivity contribution in [2.24, 2.45) is 0 Å². The molecule has 16 heavy (non-hydrogen) atoms. The average Bonchev–Trinajstić information content (AvgIpc) is 2.27. The highest BCUT2D eigenvalue weighted by molar-refractivity contribution is 5.52. The van der Waals surface area contributed by atoms with Crippen LogP contribution in [-0.2, 0) is 0 Å². The van der Waals surface area contributed by atoms with Crippen molar-refractivity contribution in [2.45, 2.75) is 13.8 Å². The number of anilines is 1. The molecule has 2 rings (SSSR count). The molecule has 82 valence electrons. The Morgan fingerprint density at radius 1 is 1.06 bits per heavy atom. The van der Waals surface area contributed by atoms with E-state index in [0.29, 0.717) is 11.4 Å². The van der Waals surface area contributed by atoms with Gasteiger partial charge >= 0.3 is 6.01 Å². The monoisotopic (exact) mass is 216 g/mol.